The van der Waals surface area contributed by atoms with Gasteiger partial charge in [-0.15, -0.1) is 5.10 Å². The van der Waals surface area contributed by atoms with Crippen molar-refractivity contribution in [2.24, 2.45) is 6.98 Å². The second kappa shape index (κ2) is 10.2. The van der Waals surface area contributed by atoms with Crippen molar-refractivity contribution in [3.05, 3.63) is 65.9 Å². The minimum Gasteiger partial charge on any atom is -0.465 e. The Morgan fingerprint density at radius 1 is 1.21 bits per heavy atom. The number of aryl methyl sites for hydroxylation is 1. The summed E-state index contributed by atoms with van der Waals surface area (Å²) in [5.41, 5.74) is 3.03. The lowest BCUT2D eigenvalue weighted by atomic mass is 9.96. The number of carbonyl (C=O) groups excluding carboxylic acids is 1. The van der Waals surface area contributed by atoms with Crippen molar-refractivity contribution >= 4 is 23.6 Å². The van der Waals surface area contributed by atoms with E-state index in [1.165, 1.54) is 17.3 Å². The Kier molecular flexibility index (Phi) is 5.78. The number of nitrogens with zero attached hydrogens (tertiary/aromatic N) is 8. The van der Waals surface area contributed by atoms with Crippen molar-refractivity contribution in [3.8, 4) is 11.3 Å². The minimum absolute atomic E-state index is 0.135. The maximum Gasteiger partial charge on any atom is 0.407 e. The zero-order chi connectivity index (χ0) is 30.2. The zero-order valence-corrected chi connectivity index (χ0v) is 21.7. The number of aromatic nitrogens is 7. The highest BCUT2D eigenvalue weighted by molar-refractivity contribution is 5.92. The van der Waals surface area contributed by atoms with Crippen molar-refractivity contribution in [1.29, 1.82) is 0 Å². The molecule has 202 valence electrons. The Morgan fingerprint density at radius 2 is 2.05 bits per heavy atom. The monoisotopic (exact) mass is 533 g/mol. The number of carboxylic acid groups (broad SMARTS) is 1. The number of benzene rings is 1. The van der Waals surface area contributed by atoms with Gasteiger partial charge in [0.25, 0.3) is 5.91 Å². The van der Waals surface area contributed by atoms with Gasteiger partial charge in [0.05, 0.1) is 35.4 Å². The molecule has 1 aliphatic heterocycles. The number of carbonyl (C=O) groups is 2. The van der Waals surface area contributed by atoms with Gasteiger partial charge in [0.1, 0.15) is 0 Å². The number of nitrogens with one attached hydrogen (secondary N) is 2. The van der Waals surface area contributed by atoms with E-state index >= 15 is 0 Å². The molecule has 1 aliphatic rings. The summed E-state index contributed by atoms with van der Waals surface area (Å²) in [4.78, 5) is 35.1. The second-order valence-electron chi connectivity index (χ2n) is 10.2. The van der Waals surface area contributed by atoms with Crippen LogP contribution in [0, 0.1) is 0 Å². The SMILES string of the molecule is [2H]C([2H])([2H])n1cc(Nc2nccc(-c3ccc4c(c3)CN(C(=O)O)CC[C@H]4NC(=O)c3cn(C(C)(C)C)nn3)n2)cn1. The predicted molar refractivity (Wildman–Crippen MR) is 142 cm³/mol. The number of fused-ring (bicyclic) bond motifs is 1. The van der Waals surface area contributed by atoms with Crippen LogP contribution in [0.5, 0.6) is 0 Å². The van der Waals surface area contributed by atoms with Crippen LogP contribution in [0.25, 0.3) is 11.3 Å². The van der Waals surface area contributed by atoms with E-state index in [0.717, 1.165) is 15.8 Å². The molecule has 39 heavy (non-hydrogen) atoms. The summed E-state index contributed by atoms with van der Waals surface area (Å²) in [6, 6.07) is 6.82. The molecular formula is C26H30N10O3. The van der Waals surface area contributed by atoms with E-state index in [1.807, 2.05) is 39.0 Å². The number of hydrogen-bond acceptors (Lipinski definition) is 8. The highest BCUT2D eigenvalue weighted by Crippen LogP contribution is 2.31. The van der Waals surface area contributed by atoms with Crippen molar-refractivity contribution in [1.82, 2.24) is 45.0 Å². The van der Waals surface area contributed by atoms with E-state index in [-0.39, 0.29) is 30.3 Å². The van der Waals surface area contributed by atoms with Gasteiger partial charge in [0.2, 0.25) is 5.95 Å². The third-order valence-corrected chi connectivity index (χ3v) is 6.35. The van der Waals surface area contributed by atoms with Crippen molar-refractivity contribution in [2.75, 3.05) is 11.9 Å². The van der Waals surface area contributed by atoms with Crippen LogP contribution in [-0.4, -0.2) is 63.3 Å². The van der Waals surface area contributed by atoms with E-state index in [9.17, 15) is 14.7 Å². The number of anilines is 2. The van der Waals surface area contributed by atoms with E-state index in [4.69, 9.17) is 4.11 Å². The average Bonchev–Trinajstić information content (AvgIpc) is 3.57. The quantitative estimate of drug-likeness (QED) is 0.350. The smallest absolute Gasteiger partial charge is 0.407 e. The number of amides is 2. The molecule has 2 amide bonds. The molecule has 4 aromatic rings. The summed E-state index contributed by atoms with van der Waals surface area (Å²) >= 11 is 0. The van der Waals surface area contributed by atoms with E-state index in [1.54, 1.807) is 23.1 Å². The molecule has 1 atom stereocenters. The summed E-state index contributed by atoms with van der Waals surface area (Å²) in [6.45, 7) is 3.81. The first-order chi connectivity index (χ1) is 19.8. The van der Waals surface area contributed by atoms with E-state index < -0.39 is 25.0 Å². The summed E-state index contributed by atoms with van der Waals surface area (Å²) in [5, 5.41) is 27.7. The molecule has 13 nitrogen and oxygen atoms in total. The Bertz CT molecular complexity index is 1630. The lowest BCUT2D eigenvalue weighted by Crippen LogP contribution is -2.32. The van der Waals surface area contributed by atoms with Gasteiger partial charge in [0.15, 0.2) is 5.69 Å². The first kappa shape index (κ1) is 22.2. The number of hydrogen-bond donors (Lipinski definition) is 3. The molecule has 0 unspecified atom stereocenters. The van der Waals surface area contributed by atoms with Crippen LogP contribution in [0.4, 0.5) is 16.4 Å². The molecule has 3 N–H and O–H groups in total. The molecular weight excluding hydrogens is 500 g/mol. The average molecular weight is 534 g/mol. The zero-order valence-electron chi connectivity index (χ0n) is 24.7. The van der Waals surface area contributed by atoms with Gasteiger partial charge < -0.3 is 20.6 Å². The van der Waals surface area contributed by atoms with Gasteiger partial charge in [-0.05, 0) is 50.5 Å². The highest BCUT2D eigenvalue weighted by atomic mass is 16.4. The Labute approximate surface area is 229 Å². The van der Waals surface area contributed by atoms with E-state index in [2.05, 4.69) is 36.0 Å². The largest absolute Gasteiger partial charge is 0.465 e. The van der Waals surface area contributed by atoms with Crippen LogP contribution in [0.3, 0.4) is 0 Å². The Morgan fingerprint density at radius 3 is 2.77 bits per heavy atom. The third-order valence-electron chi connectivity index (χ3n) is 6.35. The van der Waals surface area contributed by atoms with Crippen molar-refractivity contribution in [2.45, 2.75) is 45.3 Å². The number of rotatable bonds is 5. The van der Waals surface area contributed by atoms with Gasteiger partial charge in [-0.3, -0.25) is 9.48 Å². The van der Waals surface area contributed by atoms with Crippen LogP contribution >= 0.6 is 0 Å². The molecule has 0 spiro atoms. The maximum atomic E-state index is 13.1. The first-order valence-corrected chi connectivity index (χ1v) is 12.3. The highest BCUT2D eigenvalue weighted by Gasteiger charge is 2.28. The molecule has 1 aromatic carbocycles. The topological polar surface area (TPSA) is 156 Å². The van der Waals surface area contributed by atoms with Gasteiger partial charge in [-0.25, -0.2) is 19.4 Å². The summed E-state index contributed by atoms with van der Waals surface area (Å²) in [5.74, 6) is -0.171. The summed E-state index contributed by atoms with van der Waals surface area (Å²) < 4.78 is 24.9. The fourth-order valence-electron chi connectivity index (χ4n) is 4.30. The lowest BCUT2D eigenvalue weighted by molar-refractivity contribution is 0.0928. The summed E-state index contributed by atoms with van der Waals surface area (Å²) in [6.07, 6.45) is 5.17. The van der Waals surface area contributed by atoms with Gasteiger partial charge in [0, 0.05) is 42.1 Å². The molecule has 0 bridgehead atoms. The fourth-order valence-corrected chi connectivity index (χ4v) is 4.30. The standard InChI is InChI=1S/C26H30N10O3/c1-26(2,3)36-15-22(32-33-36)23(37)30-21-8-10-35(25(38)39)13-17-11-16(5-6-19(17)21)20-7-9-27-24(31-20)29-18-12-28-34(4)14-18/h5-7,9,11-12,14-15,21H,8,10,13H2,1-4H3,(H,30,37)(H,38,39)(H,27,29,31)/t21-/m1/s1/i4D3. The van der Waals surface area contributed by atoms with Gasteiger partial charge >= 0.3 is 6.09 Å². The van der Waals surface area contributed by atoms with E-state index in [0.29, 0.717) is 23.4 Å². The third kappa shape index (κ3) is 5.71. The molecule has 0 fully saturated rings. The van der Waals surface area contributed by atoms with Crippen molar-refractivity contribution < 1.29 is 18.8 Å². The fraction of sp³-hybridized carbons (Fsp3) is 0.346. The normalized spacial score (nSPS) is 16.8. The lowest BCUT2D eigenvalue weighted by Gasteiger charge is -2.19. The van der Waals surface area contributed by atoms with Crippen LogP contribution in [0.1, 0.15) is 59.0 Å². The van der Waals surface area contributed by atoms with Crippen LogP contribution in [0.15, 0.2) is 49.1 Å². The van der Waals surface area contributed by atoms with Gasteiger partial charge in [-0.2, -0.15) is 5.10 Å². The molecule has 5 rings (SSSR count). The molecule has 0 radical (unpaired) electrons. The molecule has 0 saturated heterocycles. The Balaban J connectivity index is 1.41. The molecule has 13 heteroatoms. The van der Waals surface area contributed by atoms with Crippen LogP contribution in [-0.2, 0) is 19.1 Å². The maximum absolute atomic E-state index is 13.1. The second-order valence-corrected chi connectivity index (χ2v) is 10.2. The molecule has 4 heterocycles. The van der Waals surface area contributed by atoms with Crippen molar-refractivity contribution in [3.63, 3.8) is 0 Å². The Hall–Kier alpha value is -4.81. The first-order valence-electron chi connectivity index (χ1n) is 13.8. The van der Waals surface area contributed by atoms with Gasteiger partial charge in [-0.1, -0.05) is 17.3 Å². The molecule has 0 saturated carbocycles. The minimum atomic E-state index is -2.41. The summed E-state index contributed by atoms with van der Waals surface area (Å²) in [7, 11) is 0. The van der Waals surface area contributed by atoms with Crippen LogP contribution in [0.2, 0.25) is 0 Å². The predicted octanol–water partition coefficient (Wildman–Crippen LogP) is 3.32. The molecule has 0 aliphatic carbocycles. The molecule has 3 aromatic heterocycles. The van der Waals surface area contributed by atoms with Crippen LogP contribution < -0.4 is 10.6 Å².